The quantitative estimate of drug-likeness (QED) is 0.755. The van der Waals surface area contributed by atoms with Crippen molar-refractivity contribution in [1.29, 1.82) is 5.26 Å². The van der Waals surface area contributed by atoms with E-state index < -0.39 is 18.0 Å². The predicted molar refractivity (Wildman–Crippen MR) is 98.8 cm³/mol. The minimum absolute atomic E-state index is 0.139. The van der Waals surface area contributed by atoms with Crippen LogP contribution in [0.5, 0.6) is 0 Å². The van der Waals surface area contributed by atoms with Crippen molar-refractivity contribution in [2.75, 3.05) is 12.4 Å². The van der Waals surface area contributed by atoms with Crippen LogP contribution in [0.3, 0.4) is 0 Å². The van der Waals surface area contributed by atoms with E-state index in [1.165, 1.54) is 7.11 Å². The molecular weight excluding hydrogens is 344 g/mol. The van der Waals surface area contributed by atoms with E-state index in [1.54, 1.807) is 24.3 Å². The number of nitrogens with one attached hydrogen (secondary N) is 1. The van der Waals surface area contributed by atoms with E-state index >= 15 is 0 Å². The monoisotopic (exact) mass is 365 g/mol. The normalized spacial score (nSPS) is 11.3. The first kappa shape index (κ1) is 20.0. The Morgan fingerprint density at radius 3 is 2.37 bits per heavy atom. The first-order valence-electron chi connectivity index (χ1n) is 8.50. The van der Waals surface area contributed by atoms with Crippen molar-refractivity contribution < 1.29 is 19.4 Å². The van der Waals surface area contributed by atoms with Gasteiger partial charge in [-0.05, 0) is 73.2 Å². The maximum Gasteiger partial charge on any atom is 0.332 e. The molecule has 6 nitrogen and oxygen atoms in total. The lowest BCUT2D eigenvalue weighted by molar-refractivity contribution is -0.305. The number of aryl methyl sites for hydroxylation is 3. The molecule has 0 radical (unpaired) electrons. The van der Waals surface area contributed by atoms with Gasteiger partial charge in [0.25, 0.3) is 0 Å². The highest BCUT2D eigenvalue weighted by atomic mass is 16.5. The van der Waals surface area contributed by atoms with Crippen LogP contribution in [0.1, 0.15) is 40.3 Å². The second-order valence-corrected chi connectivity index (χ2v) is 6.30. The third-order valence-corrected chi connectivity index (χ3v) is 4.43. The summed E-state index contributed by atoms with van der Waals surface area (Å²) >= 11 is 0. The number of carboxylic acids is 1. The topological polar surface area (TPSA) is 102 Å². The molecule has 0 bridgehead atoms. The highest BCUT2D eigenvalue weighted by molar-refractivity contribution is 5.82. The second kappa shape index (κ2) is 8.86. The number of nitriles is 1. The molecule has 0 aromatic heterocycles. The number of carbonyl (C=O) groups is 2. The van der Waals surface area contributed by atoms with Crippen LogP contribution in [0, 0.1) is 25.2 Å². The molecule has 6 heteroatoms. The van der Waals surface area contributed by atoms with E-state index in [9.17, 15) is 14.7 Å². The molecule has 1 unspecified atom stereocenters. The van der Waals surface area contributed by atoms with Gasteiger partial charge in [-0.25, -0.2) is 4.79 Å². The van der Waals surface area contributed by atoms with Crippen LogP contribution in [-0.4, -0.2) is 19.0 Å². The number of anilines is 1. The van der Waals surface area contributed by atoms with Crippen molar-refractivity contribution in [1.82, 2.24) is 0 Å². The minimum Gasteiger partial charge on any atom is -0.550 e. The fraction of sp³-hybridized carbons (Fsp3) is 0.286. The average Bonchev–Trinajstić information content (AvgIpc) is 2.66. The number of methoxy groups -OCH3 is 1. The molecule has 2 aromatic carbocycles. The first-order chi connectivity index (χ1) is 12.8. The number of carbonyl (C=O) groups excluding carboxylic acids is 2. The van der Waals surface area contributed by atoms with E-state index in [0.717, 1.165) is 16.7 Å². The molecule has 0 heterocycles. The number of hydrogen-bond acceptors (Lipinski definition) is 6. The lowest BCUT2D eigenvalue weighted by atomic mass is 9.92. The molecule has 0 saturated carbocycles. The summed E-state index contributed by atoms with van der Waals surface area (Å²) in [5, 5.41) is 22.9. The molecule has 1 atom stereocenters. The zero-order chi connectivity index (χ0) is 20.0. The van der Waals surface area contributed by atoms with Gasteiger partial charge in [-0.1, -0.05) is 12.1 Å². The number of nitrogens with zero attached hydrogens (tertiary/aromatic N) is 1. The first-order valence-corrected chi connectivity index (χ1v) is 8.50. The predicted octanol–water partition coefficient (Wildman–Crippen LogP) is 2.18. The van der Waals surface area contributed by atoms with Gasteiger partial charge in [0.1, 0.15) is 0 Å². The molecule has 0 fully saturated rings. The summed E-state index contributed by atoms with van der Waals surface area (Å²) in [6.45, 7) is 3.86. The Bertz CT molecular complexity index is 882. The van der Waals surface area contributed by atoms with Crippen LogP contribution < -0.4 is 10.4 Å². The maximum atomic E-state index is 12.5. The van der Waals surface area contributed by atoms with Crippen LogP contribution >= 0.6 is 0 Å². The minimum atomic E-state index is -1.14. The van der Waals surface area contributed by atoms with Gasteiger partial charge in [-0.3, -0.25) is 0 Å². The largest absolute Gasteiger partial charge is 0.550 e. The molecule has 0 amide bonds. The molecule has 0 spiro atoms. The lowest BCUT2D eigenvalue weighted by Gasteiger charge is -2.22. The molecule has 2 rings (SSSR count). The Balaban J connectivity index is 2.45. The fourth-order valence-corrected chi connectivity index (χ4v) is 2.81. The summed E-state index contributed by atoms with van der Waals surface area (Å²) in [6.07, 6.45) is 0.113. The van der Waals surface area contributed by atoms with Gasteiger partial charge in [0.05, 0.1) is 18.7 Å². The van der Waals surface area contributed by atoms with Crippen LogP contribution in [-0.2, 0) is 20.7 Å². The third kappa shape index (κ3) is 5.08. The van der Waals surface area contributed by atoms with Crippen molar-refractivity contribution in [3.05, 3.63) is 64.2 Å². The SMILES string of the molecule is COC(=O)C(Nc1ccc(C#N)cc1)c1cc(C)c(C)cc1CCC(=O)[O-]. The van der Waals surface area contributed by atoms with Crippen molar-refractivity contribution >= 4 is 17.6 Å². The second-order valence-electron chi connectivity index (χ2n) is 6.30. The molecule has 0 aliphatic heterocycles. The average molecular weight is 365 g/mol. The molecule has 2 aromatic rings. The van der Waals surface area contributed by atoms with Gasteiger partial charge >= 0.3 is 5.97 Å². The molecule has 0 saturated heterocycles. The van der Waals surface area contributed by atoms with Crippen LogP contribution in [0.2, 0.25) is 0 Å². The summed E-state index contributed by atoms with van der Waals surface area (Å²) in [4.78, 5) is 23.4. The number of rotatable bonds is 7. The van der Waals surface area contributed by atoms with Crippen LogP contribution in [0.15, 0.2) is 36.4 Å². The highest BCUT2D eigenvalue weighted by Crippen LogP contribution is 2.28. The molecule has 0 aliphatic carbocycles. The lowest BCUT2D eigenvalue weighted by Crippen LogP contribution is -2.25. The number of benzene rings is 2. The zero-order valence-corrected chi connectivity index (χ0v) is 15.5. The van der Waals surface area contributed by atoms with E-state index in [1.807, 2.05) is 32.0 Å². The number of carboxylic acid groups (broad SMARTS) is 1. The maximum absolute atomic E-state index is 12.5. The molecule has 0 aliphatic rings. The zero-order valence-electron chi connectivity index (χ0n) is 15.5. The number of esters is 1. The van der Waals surface area contributed by atoms with Gasteiger partial charge in [0.15, 0.2) is 6.04 Å². The summed E-state index contributed by atoms with van der Waals surface area (Å²) in [5.74, 6) is -1.63. The molecule has 27 heavy (non-hydrogen) atoms. The third-order valence-electron chi connectivity index (χ3n) is 4.43. The van der Waals surface area contributed by atoms with Crippen molar-refractivity contribution in [2.24, 2.45) is 0 Å². The Morgan fingerprint density at radius 2 is 1.81 bits per heavy atom. The summed E-state index contributed by atoms with van der Waals surface area (Å²) in [7, 11) is 1.30. The van der Waals surface area contributed by atoms with Gasteiger partial charge < -0.3 is 20.0 Å². The number of aliphatic carboxylic acids is 1. The van der Waals surface area contributed by atoms with Gasteiger partial charge in [0, 0.05) is 11.7 Å². The van der Waals surface area contributed by atoms with E-state index in [0.29, 0.717) is 16.8 Å². The molecular formula is C21H21N2O4-. The Kier molecular flexibility index (Phi) is 6.56. The van der Waals surface area contributed by atoms with Crippen molar-refractivity contribution in [2.45, 2.75) is 32.7 Å². The smallest absolute Gasteiger partial charge is 0.332 e. The summed E-state index contributed by atoms with van der Waals surface area (Å²) in [5.41, 5.74) is 4.56. The fourth-order valence-electron chi connectivity index (χ4n) is 2.81. The van der Waals surface area contributed by atoms with Crippen LogP contribution in [0.25, 0.3) is 0 Å². The van der Waals surface area contributed by atoms with E-state index in [2.05, 4.69) is 5.32 Å². The van der Waals surface area contributed by atoms with Crippen molar-refractivity contribution in [3.8, 4) is 6.07 Å². The van der Waals surface area contributed by atoms with Gasteiger partial charge in [-0.2, -0.15) is 5.26 Å². The van der Waals surface area contributed by atoms with Crippen LogP contribution in [0.4, 0.5) is 5.69 Å². The van der Waals surface area contributed by atoms with E-state index in [4.69, 9.17) is 10.00 Å². The Hall–Kier alpha value is -3.33. The number of ether oxygens (including phenoxy) is 1. The number of hydrogen-bond donors (Lipinski definition) is 1. The van der Waals surface area contributed by atoms with Gasteiger partial charge in [0.2, 0.25) is 0 Å². The summed E-state index contributed by atoms with van der Waals surface area (Å²) in [6, 6.07) is 11.7. The Morgan fingerprint density at radius 1 is 1.19 bits per heavy atom. The molecule has 1 N–H and O–H groups in total. The van der Waals surface area contributed by atoms with E-state index in [-0.39, 0.29) is 12.8 Å². The molecule has 140 valence electrons. The van der Waals surface area contributed by atoms with Crippen molar-refractivity contribution in [3.63, 3.8) is 0 Å². The Labute approximate surface area is 158 Å². The van der Waals surface area contributed by atoms with Gasteiger partial charge in [-0.15, -0.1) is 0 Å². The standard InChI is InChI=1S/C21H22N2O4/c1-13-10-16(6-9-19(24)25)18(11-14(13)2)20(21(26)27-3)23-17-7-4-15(12-22)5-8-17/h4-5,7-8,10-11,20,23H,6,9H2,1-3H3,(H,24,25)/p-1. The highest BCUT2D eigenvalue weighted by Gasteiger charge is 2.24. The summed E-state index contributed by atoms with van der Waals surface area (Å²) < 4.78 is 4.95.